The fourth-order valence-corrected chi connectivity index (χ4v) is 4.73. The van der Waals surface area contributed by atoms with Crippen molar-refractivity contribution < 1.29 is 28.8 Å². The van der Waals surface area contributed by atoms with Gasteiger partial charge in [0, 0.05) is 31.7 Å². The number of hydrogen-bond donors (Lipinski definition) is 1. The summed E-state index contributed by atoms with van der Waals surface area (Å²) in [6.07, 6.45) is 1.02. The molecule has 0 aromatic heterocycles. The minimum atomic E-state index is -0.797. The van der Waals surface area contributed by atoms with Crippen molar-refractivity contribution in [2.45, 2.75) is 38.3 Å². The summed E-state index contributed by atoms with van der Waals surface area (Å²) in [6.45, 7) is 6.29. The number of methoxy groups -OCH3 is 1. The van der Waals surface area contributed by atoms with E-state index in [2.05, 4.69) is 4.90 Å². The number of carbonyl (C=O) groups is 1. The van der Waals surface area contributed by atoms with Crippen molar-refractivity contribution in [1.29, 1.82) is 0 Å². The standard InChI is InChI=1S/C25H31NO6/c1-16(2)30-12-4-11-26-14-20(18-7-10-21-22(13-18)32-15-31-21)23(25(27)28)24(26)17-5-8-19(29-3)9-6-17/h5-10,13,16,20,23-24H,4,11-12,14-15H2,1-3H3,(H,27,28). The first-order valence-electron chi connectivity index (χ1n) is 11.1. The van der Waals surface area contributed by atoms with Crippen LogP contribution in [0.1, 0.15) is 43.4 Å². The van der Waals surface area contributed by atoms with Gasteiger partial charge >= 0.3 is 5.97 Å². The van der Waals surface area contributed by atoms with Crippen LogP contribution in [0.4, 0.5) is 0 Å². The summed E-state index contributed by atoms with van der Waals surface area (Å²) in [4.78, 5) is 14.8. The van der Waals surface area contributed by atoms with E-state index in [0.29, 0.717) is 24.7 Å². The van der Waals surface area contributed by atoms with Crippen molar-refractivity contribution in [2.75, 3.05) is 33.6 Å². The van der Waals surface area contributed by atoms with Crippen LogP contribution < -0.4 is 14.2 Å². The molecule has 2 aliphatic heterocycles. The van der Waals surface area contributed by atoms with Gasteiger partial charge in [0.05, 0.1) is 19.1 Å². The highest BCUT2D eigenvalue weighted by atomic mass is 16.7. The largest absolute Gasteiger partial charge is 0.497 e. The van der Waals surface area contributed by atoms with Crippen LogP contribution in [0.15, 0.2) is 42.5 Å². The van der Waals surface area contributed by atoms with Crippen molar-refractivity contribution >= 4 is 5.97 Å². The van der Waals surface area contributed by atoms with Crippen molar-refractivity contribution in [3.05, 3.63) is 53.6 Å². The Bertz CT molecular complexity index is 929. The third kappa shape index (κ3) is 4.69. The zero-order valence-electron chi connectivity index (χ0n) is 18.8. The molecule has 2 heterocycles. The van der Waals surface area contributed by atoms with Crippen LogP contribution in [0.5, 0.6) is 17.2 Å². The summed E-state index contributed by atoms with van der Waals surface area (Å²) < 4.78 is 22.0. The van der Waals surface area contributed by atoms with E-state index in [4.69, 9.17) is 18.9 Å². The topological polar surface area (TPSA) is 77.5 Å². The summed E-state index contributed by atoms with van der Waals surface area (Å²) >= 11 is 0. The van der Waals surface area contributed by atoms with Gasteiger partial charge in [-0.2, -0.15) is 0 Å². The minimum Gasteiger partial charge on any atom is -0.497 e. The molecule has 0 spiro atoms. The van der Waals surface area contributed by atoms with Crippen LogP contribution in [-0.4, -0.2) is 55.7 Å². The van der Waals surface area contributed by atoms with Crippen LogP contribution >= 0.6 is 0 Å². The average molecular weight is 442 g/mol. The first-order valence-corrected chi connectivity index (χ1v) is 11.1. The highest BCUT2D eigenvalue weighted by Crippen LogP contribution is 2.47. The number of carboxylic acids is 1. The first-order chi connectivity index (χ1) is 15.5. The molecular weight excluding hydrogens is 410 g/mol. The monoisotopic (exact) mass is 441 g/mol. The van der Waals surface area contributed by atoms with E-state index in [9.17, 15) is 9.90 Å². The zero-order valence-corrected chi connectivity index (χ0v) is 18.8. The lowest BCUT2D eigenvalue weighted by atomic mass is 9.82. The molecule has 0 radical (unpaired) electrons. The second-order valence-electron chi connectivity index (χ2n) is 8.57. The van der Waals surface area contributed by atoms with Gasteiger partial charge in [0.2, 0.25) is 6.79 Å². The van der Waals surface area contributed by atoms with Crippen LogP contribution in [-0.2, 0) is 9.53 Å². The second kappa shape index (κ2) is 9.79. The van der Waals surface area contributed by atoms with Crippen molar-refractivity contribution in [2.24, 2.45) is 5.92 Å². The number of benzene rings is 2. The number of carboxylic acid groups (broad SMARTS) is 1. The Hall–Kier alpha value is -2.77. The molecule has 1 N–H and O–H groups in total. The minimum absolute atomic E-state index is 0.167. The smallest absolute Gasteiger partial charge is 0.309 e. The molecule has 0 aliphatic carbocycles. The molecule has 32 heavy (non-hydrogen) atoms. The lowest BCUT2D eigenvalue weighted by Crippen LogP contribution is -2.30. The Morgan fingerprint density at radius 2 is 1.84 bits per heavy atom. The van der Waals surface area contributed by atoms with Gasteiger partial charge in [0.25, 0.3) is 0 Å². The molecule has 4 rings (SSSR count). The number of rotatable bonds is 9. The highest BCUT2D eigenvalue weighted by molar-refractivity contribution is 5.74. The maximum absolute atomic E-state index is 12.6. The molecular formula is C25H31NO6. The maximum Gasteiger partial charge on any atom is 0.309 e. The number of fused-ring (bicyclic) bond motifs is 1. The van der Waals surface area contributed by atoms with Crippen molar-refractivity contribution in [3.8, 4) is 17.2 Å². The normalized spacial score (nSPS) is 22.4. The maximum atomic E-state index is 12.6. The lowest BCUT2D eigenvalue weighted by Gasteiger charge is -2.27. The molecule has 1 fully saturated rings. The van der Waals surface area contributed by atoms with Gasteiger partial charge < -0.3 is 24.1 Å². The molecule has 7 heteroatoms. The van der Waals surface area contributed by atoms with E-state index in [1.807, 2.05) is 56.3 Å². The zero-order chi connectivity index (χ0) is 22.7. The molecule has 3 atom stereocenters. The first kappa shape index (κ1) is 22.4. The van der Waals surface area contributed by atoms with E-state index >= 15 is 0 Å². The Morgan fingerprint density at radius 1 is 1.12 bits per heavy atom. The van der Waals surface area contributed by atoms with Gasteiger partial charge in [0.15, 0.2) is 11.5 Å². The van der Waals surface area contributed by atoms with Gasteiger partial charge in [-0.25, -0.2) is 0 Å². The molecule has 0 amide bonds. The van der Waals surface area contributed by atoms with Crippen LogP contribution in [0.2, 0.25) is 0 Å². The summed E-state index contributed by atoms with van der Waals surface area (Å²) in [6, 6.07) is 13.2. The third-order valence-electron chi connectivity index (χ3n) is 6.21. The van der Waals surface area contributed by atoms with Gasteiger partial charge in [-0.3, -0.25) is 9.69 Å². The Labute approximate surface area is 188 Å². The predicted molar refractivity (Wildman–Crippen MR) is 119 cm³/mol. The van der Waals surface area contributed by atoms with Crippen molar-refractivity contribution in [1.82, 2.24) is 4.90 Å². The Morgan fingerprint density at radius 3 is 2.53 bits per heavy atom. The number of nitrogens with zero attached hydrogens (tertiary/aromatic N) is 1. The SMILES string of the molecule is COc1ccc(C2C(C(=O)O)C(c3ccc4c(c3)OCO4)CN2CCCOC(C)C)cc1. The Kier molecular flexibility index (Phi) is 6.86. The van der Waals surface area contributed by atoms with Crippen LogP contribution in [0.3, 0.4) is 0 Å². The predicted octanol–water partition coefficient (Wildman–Crippen LogP) is 4.08. The van der Waals surface area contributed by atoms with Gasteiger partial charge in [-0.05, 0) is 55.7 Å². The fourth-order valence-electron chi connectivity index (χ4n) is 4.73. The van der Waals surface area contributed by atoms with Gasteiger partial charge in [-0.1, -0.05) is 18.2 Å². The summed E-state index contributed by atoms with van der Waals surface area (Å²) in [5.41, 5.74) is 1.94. The van der Waals surface area contributed by atoms with Gasteiger partial charge in [-0.15, -0.1) is 0 Å². The van der Waals surface area contributed by atoms with Crippen molar-refractivity contribution in [3.63, 3.8) is 0 Å². The molecule has 2 aromatic rings. The van der Waals surface area contributed by atoms with E-state index in [0.717, 1.165) is 29.8 Å². The molecule has 2 aliphatic rings. The van der Waals surface area contributed by atoms with E-state index in [1.165, 1.54) is 0 Å². The molecule has 7 nitrogen and oxygen atoms in total. The number of aliphatic carboxylic acids is 1. The summed E-state index contributed by atoms with van der Waals surface area (Å²) in [5, 5.41) is 10.3. The summed E-state index contributed by atoms with van der Waals surface area (Å²) in [5.74, 6) is 0.580. The number of hydrogen-bond acceptors (Lipinski definition) is 6. The number of ether oxygens (including phenoxy) is 4. The van der Waals surface area contributed by atoms with Crippen LogP contribution in [0.25, 0.3) is 0 Å². The average Bonchev–Trinajstić information content (AvgIpc) is 3.40. The third-order valence-corrected chi connectivity index (χ3v) is 6.21. The van der Waals surface area contributed by atoms with E-state index in [1.54, 1.807) is 7.11 Å². The fraction of sp³-hybridized carbons (Fsp3) is 0.480. The molecule has 3 unspecified atom stereocenters. The molecule has 2 aromatic carbocycles. The van der Waals surface area contributed by atoms with Crippen LogP contribution in [0, 0.1) is 5.92 Å². The van der Waals surface area contributed by atoms with Gasteiger partial charge in [0.1, 0.15) is 5.75 Å². The number of likely N-dealkylation sites (tertiary alicyclic amines) is 1. The molecule has 172 valence electrons. The van der Waals surface area contributed by atoms with E-state index < -0.39 is 11.9 Å². The Balaban J connectivity index is 1.64. The summed E-state index contributed by atoms with van der Waals surface area (Å²) in [7, 11) is 1.63. The highest BCUT2D eigenvalue weighted by Gasteiger charge is 2.47. The molecule has 0 bridgehead atoms. The molecule has 1 saturated heterocycles. The second-order valence-corrected chi connectivity index (χ2v) is 8.57. The quantitative estimate of drug-likeness (QED) is 0.588. The van der Waals surface area contributed by atoms with E-state index in [-0.39, 0.29) is 24.9 Å². The molecule has 0 saturated carbocycles. The lowest BCUT2D eigenvalue weighted by molar-refractivity contribution is -0.143.